The minimum Gasteiger partial charge on any atom is -0.334 e. The van der Waals surface area contributed by atoms with Crippen molar-refractivity contribution < 1.29 is 0 Å². The highest BCUT2D eigenvalue weighted by Crippen LogP contribution is 2.16. The predicted molar refractivity (Wildman–Crippen MR) is 84.9 cm³/mol. The SMILES string of the molecule is CSc1nnc(C(C)(C)C)c(=O)n1N.Cc1ccn(C)n1. The largest absolute Gasteiger partial charge is 0.334 e. The van der Waals surface area contributed by atoms with Crippen LogP contribution < -0.4 is 11.4 Å². The third-order valence-corrected chi connectivity index (χ3v) is 3.25. The van der Waals surface area contributed by atoms with E-state index in [-0.39, 0.29) is 11.0 Å². The van der Waals surface area contributed by atoms with E-state index in [0.717, 1.165) is 10.4 Å². The zero-order valence-electron chi connectivity index (χ0n) is 13.3. The summed E-state index contributed by atoms with van der Waals surface area (Å²) in [6, 6.07) is 1.97. The molecule has 2 aromatic rings. The van der Waals surface area contributed by atoms with Crippen molar-refractivity contribution in [2.75, 3.05) is 12.1 Å². The van der Waals surface area contributed by atoms with Gasteiger partial charge in [-0.15, -0.1) is 10.2 Å². The molecule has 7 nitrogen and oxygen atoms in total. The number of aryl methyl sites for hydroxylation is 2. The van der Waals surface area contributed by atoms with Crippen LogP contribution in [0.5, 0.6) is 0 Å². The summed E-state index contributed by atoms with van der Waals surface area (Å²) in [7, 11) is 1.91. The van der Waals surface area contributed by atoms with Crippen LogP contribution in [-0.4, -0.2) is 30.9 Å². The first kappa shape index (κ1) is 17.2. The van der Waals surface area contributed by atoms with Gasteiger partial charge < -0.3 is 5.84 Å². The van der Waals surface area contributed by atoms with Crippen LogP contribution in [0.3, 0.4) is 0 Å². The van der Waals surface area contributed by atoms with Crippen LogP contribution in [0.1, 0.15) is 32.2 Å². The van der Waals surface area contributed by atoms with E-state index in [0.29, 0.717) is 10.9 Å². The topological polar surface area (TPSA) is 91.6 Å². The van der Waals surface area contributed by atoms with Gasteiger partial charge in [0, 0.05) is 18.7 Å². The van der Waals surface area contributed by atoms with Gasteiger partial charge in [0.2, 0.25) is 5.16 Å². The van der Waals surface area contributed by atoms with Gasteiger partial charge >= 0.3 is 0 Å². The Morgan fingerprint density at radius 3 is 2.24 bits per heavy atom. The quantitative estimate of drug-likeness (QED) is 0.626. The van der Waals surface area contributed by atoms with Crippen LogP contribution in [0.15, 0.2) is 22.2 Å². The molecule has 0 aromatic carbocycles. The summed E-state index contributed by atoms with van der Waals surface area (Å²) in [5, 5.41) is 12.2. The maximum atomic E-state index is 11.7. The summed E-state index contributed by atoms with van der Waals surface area (Å²) in [6.07, 6.45) is 3.72. The van der Waals surface area contributed by atoms with Crippen LogP contribution in [0.2, 0.25) is 0 Å². The Morgan fingerprint density at radius 1 is 1.29 bits per heavy atom. The van der Waals surface area contributed by atoms with Crippen LogP contribution >= 0.6 is 11.8 Å². The number of rotatable bonds is 1. The van der Waals surface area contributed by atoms with Crippen LogP contribution in [0.25, 0.3) is 0 Å². The van der Waals surface area contributed by atoms with Crippen LogP contribution in [0.4, 0.5) is 0 Å². The van der Waals surface area contributed by atoms with Crippen LogP contribution in [0, 0.1) is 6.92 Å². The van der Waals surface area contributed by atoms with Crippen molar-refractivity contribution in [3.8, 4) is 0 Å². The molecular weight excluding hydrogens is 288 g/mol. The second-order valence-corrected chi connectivity index (χ2v) is 6.36. The fraction of sp³-hybridized carbons (Fsp3) is 0.538. The summed E-state index contributed by atoms with van der Waals surface area (Å²) in [4.78, 5) is 11.7. The molecule has 0 aliphatic carbocycles. The number of nitrogen functional groups attached to an aromatic ring is 1. The van der Waals surface area contributed by atoms with E-state index in [1.54, 1.807) is 10.9 Å². The lowest BCUT2D eigenvalue weighted by Crippen LogP contribution is -2.37. The molecule has 2 N–H and O–H groups in total. The van der Waals surface area contributed by atoms with Crippen molar-refractivity contribution in [3.63, 3.8) is 0 Å². The van der Waals surface area contributed by atoms with Gasteiger partial charge in [-0.3, -0.25) is 9.48 Å². The molecule has 2 rings (SSSR count). The van der Waals surface area contributed by atoms with Gasteiger partial charge in [-0.1, -0.05) is 32.5 Å². The van der Waals surface area contributed by atoms with Gasteiger partial charge in [0.25, 0.3) is 5.56 Å². The molecule has 0 saturated heterocycles. The Hall–Kier alpha value is -1.83. The molecule has 0 aliphatic heterocycles. The molecule has 0 fully saturated rings. The summed E-state index contributed by atoms with van der Waals surface area (Å²) >= 11 is 1.29. The summed E-state index contributed by atoms with van der Waals surface area (Å²) in [5.41, 5.74) is 0.847. The average molecular weight is 310 g/mol. The smallest absolute Gasteiger partial charge is 0.295 e. The Labute approximate surface area is 128 Å². The Bertz CT molecular complexity index is 639. The molecule has 21 heavy (non-hydrogen) atoms. The highest BCUT2D eigenvalue weighted by atomic mass is 32.2. The van der Waals surface area contributed by atoms with Crippen molar-refractivity contribution in [1.29, 1.82) is 0 Å². The zero-order valence-corrected chi connectivity index (χ0v) is 14.1. The van der Waals surface area contributed by atoms with Crippen molar-refractivity contribution in [3.05, 3.63) is 34.0 Å². The monoisotopic (exact) mass is 310 g/mol. The van der Waals surface area contributed by atoms with Gasteiger partial charge in [-0.25, -0.2) is 0 Å². The standard InChI is InChI=1S/C8H14N4OS.C5H8N2/c1-8(2,3)5-6(13)12(9)7(14-4)11-10-5;1-5-3-4-7(2)6-5/h9H2,1-4H3;3-4H,1-2H3. The molecule has 0 atom stereocenters. The number of nitrogens with zero attached hydrogens (tertiary/aromatic N) is 5. The molecule has 0 bridgehead atoms. The number of nitrogens with two attached hydrogens (primary N) is 1. The fourth-order valence-electron chi connectivity index (χ4n) is 1.53. The second kappa shape index (κ2) is 6.75. The second-order valence-electron chi connectivity index (χ2n) is 5.59. The first-order valence-electron chi connectivity index (χ1n) is 6.42. The third kappa shape index (κ3) is 4.59. The Balaban J connectivity index is 0.000000262. The van der Waals surface area contributed by atoms with Gasteiger partial charge in [0.05, 0.1) is 5.69 Å². The molecular formula is C13H22N6OS. The minimum atomic E-state index is -0.331. The highest BCUT2D eigenvalue weighted by molar-refractivity contribution is 7.98. The molecule has 2 aromatic heterocycles. The fourth-order valence-corrected chi connectivity index (χ4v) is 1.93. The zero-order chi connectivity index (χ0) is 16.2. The average Bonchev–Trinajstić information content (AvgIpc) is 2.75. The van der Waals surface area contributed by atoms with Gasteiger partial charge in [0.1, 0.15) is 5.69 Å². The molecule has 0 saturated carbocycles. The molecule has 0 aliphatic rings. The summed E-state index contributed by atoms with van der Waals surface area (Å²) in [6.45, 7) is 7.67. The summed E-state index contributed by atoms with van der Waals surface area (Å²) in [5.74, 6) is 5.57. The maximum Gasteiger partial charge on any atom is 0.295 e. The normalized spacial score (nSPS) is 11.0. The summed E-state index contributed by atoms with van der Waals surface area (Å²) < 4.78 is 2.83. The first-order chi connectivity index (χ1) is 9.66. The minimum absolute atomic E-state index is 0.281. The number of hydrogen-bond donors (Lipinski definition) is 1. The molecule has 8 heteroatoms. The van der Waals surface area contributed by atoms with E-state index in [1.165, 1.54) is 11.8 Å². The lowest BCUT2D eigenvalue weighted by atomic mass is 9.93. The van der Waals surface area contributed by atoms with Gasteiger partial charge in [-0.05, 0) is 19.2 Å². The lowest BCUT2D eigenvalue weighted by molar-refractivity contribution is 0.520. The van der Waals surface area contributed by atoms with Crippen molar-refractivity contribution in [1.82, 2.24) is 24.7 Å². The Kier molecular flexibility index (Phi) is 5.54. The number of aromatic nitrogens is 5. The maximum absolute atomic E-state index is 11.7. The van der Waals surface area contributed by atoms with E-state index >= 15 is 0 Å². The highest BCUT2D eigenvalue weighted by Gasteiger charge is 2.22. The molecule has 116 valence electrons. The van der Waals surface area contributed by atoms with Crippen molar-refractivity contribution >= 4 is 11.8 Å². The molecule has 2 heterocycles. The van der Waals surface area contributed by atoms with E-state index in [1.807, 2.05) is 47.0 Å². The van der Waals surface area contributed by atoms with E-state index in [4.69, 9.17) is 5.84 Å². The van der Waals surface area contributed by atoms with E-state index < -0.39 is 0 Å². The molecule has 0 radical (unpaired) electrons. The molecule has 0 amide bonds. The predicted octanol–water partition coefficient (Wildman–Crippen LogP) is 1.10. The van der Waals surface area contributed by atoms with E-state index in [9.17, 15) is 4.79 Å². The lowest BCUT2D eigenvalue weighted by Gasteiger charge is -2.16. The molecule has 0 unspecified atom stereocenters. The first-order valence-corrected chi connectivity index (χ1v) is 7.64. The van der Waals surface area contributed by atoms with Crippen LogP contribution in [-0.2, 0) is 12.5 Å². The Morgan fingerprint density at radius 2 is 1.90 bits per heavy atom. The van der Waals surface area contributed by atoms with Gasteiger partial charge in [-0.2, -0.15) is 9.77 Å². The van der Waals surface area contributed by atoms with Crippen molar-refractivity contribution in [2.24, 2.45) is 7.05 Å². The van der Waals surface area contributed by atoms with Gasteiger partial charge in [0.15, 0.2) is 0 Å². The third-order valence-electron chi connectivity index (χ3n) is 2.60. The van der Waals surface area contributed by atoms with Crippen molar-refractivity contribution in [2.45, 2.75) is 38.3 Å². The van der Waals surface area contributed by atoms with E-state index in [2.05, 4.69) is 15.3 Å². The number of thioether (sulfide) groups is 1. The number of hydrogen-bond acceptors (Lipinski definition) is 6. The molecule has 0 spiro atoms.